The molecule has 0 unspecified atom stereocenters. The van der Waals surface area contributed by atoms with Crippen molar-refractivity contribution in [3.05, 3.63) is 29.3 Å². The predicted molar refractivity (Wildman–Crippen MR) is 60.0 cm³/mol. The number of carbonyl (C=O) groups excluding carboxylic acids is 1. The van der Waals surface area contributed by atoms with Crippen LogP contribution in [0.3, 0.4) is 0 Å². The Labute approximate surface area is 97.4 Å². The zero-order chi connectivity index (χ0) is 13.1. The summed E-state index contributed by atoms with van der Waals surface area (Å²) in [7, 11) is 0. The van der Waals surface area contributed by atoms with Crippen LogP contribution in [0.25, 0.3) is 0 Å². The fourth-order valence-electron chi connectivity index (χ4n) is 1.24. The number of hydrogen-bond donors (Lipinski definition) is 3. The highest BCUT2D eigenvalue weighted by Gasteiger charge is 2.28. The normalized spacial score (nSPS) is 11.3. The van der Waals surface area contributed by atoms with Gasteiger partial charge in [-0.05, 0) is 18.6 Å². The maximum Gasteiger partial charge on any atom is 0.287 e. The van der Waals surface area contributed by atoms with Gasteiger partial charge in [0.05, 0.1) is 12.1 Å². The Hall–Kier alpha value is -1.69. The van der Waals surface area contributed by atoms with Crippen LogP contribution < -0.4 is 11.1 Å². The van der Waals surface area contributed by atoms with Crippen LogP contribution in [0.2, 0.25) is 0 Å². The summed E-state index contributed by atoms with van der Waals surface area (Å²) in [4.78, 5) is 11.6. The molecular weight excluding hydrogens is 230 g/mol. The highest BCUT2D eigenvalue weighted by molar-refractivity contribution is 5.99. The monoisotopic (exact) mass is 244 g/mol. The van der Waals surface area contributed by atoms with Gasteiger partial charge < -0.3 is 16.2 Å². The molecule has 4 N–H and O–H groups in total. The highest BCUT2D eigenvalue weighted by Crippen LogP contribution is 2.17. The summed E-state index contributed by atoms with van der Waals surface area (Å²) in [5.74, 6) is -4.01. The maximum absolute atomic E-state index is 12.7. The summed E-state index contributed by atoms with van der Waals surface area (Å²) in [5.41, 5.74) is 6.77. The van der Waals surface area contributed by atoms with Crippen LogP contribution in [-0.4, -0.2) is 30.1 Å². The average molecular weight is 244 g/mol. The minimum atomic E-state index is -3.33. The number of aryl methyl sites for hydroxylation is 1. The number of para-hydroxylation sites is 1. The molecule has 6 heteroatoms. The van der Waals surface area contributed by atoms with E-state index >= 15 is 0 Å². The number of carbonyl (C=O) groups is 1. The summed E-state index contributed by atoms with van der Waals surface area (Å²) in [6, 6.07) is 4.79. The van der Waals surface area contributed by atoms with Gasteiger partial charge in [0.15, 0.2) is 0 Å². The number of hydrogen-bond acceptors (Lipinski definition) is 3. The first-order chi connectivity index (χ1) is 7.87. The highest BCUT2D eigenvalue weighted by atomic mass is 19.3. The molecule has 0 fully saturated rings. The van der Waals surface area contributed by atoms with E-state index in [2.05, 4.69) is 0 Å². The largest absolute Gasteiger partial charge is 0.398 e. The summed E-state index contributed by atoms with van der Waals surface area (Å²) in [6.07, 6.45) is 0. The number of amides is 1. The molecule has 0 atom stereocenters. The molecule has 0 saturated heterocycles. The standard InChI is InChI=1S/C11H14F2N2O2/c1-7-3-2-4-8(9(7)14)10(17)15-5-11(12,13)6-16/h2-4,16H,5-6,14H2,1H3,(H,15,17). The topological polar surface area (TPSA) is 75.3 Å². The third kappa shape index (κ3) is 3.39. The van der Waals surface area contributed by atoms with Gasteiger partial charge in [-0.15, -0.1) is 0 Å². The van der Waals surface area contributed by atoms with Crippen molar-refractivity contribution in [3.63, 3.8) is 0 Å². The van der Waals surface area contributed by atoms with E-state index in [4.69, 9.17) is 10.8 Å². The zero-order valence-corrected chi connectivity index (χ0v) is 9.34. The molecule has 1 rings (SSSR count). The second-order valence-corrected chi connectivity index (χ2v) is 3.73. The summed E-state index contributed by atoms with van der Waals surface area (Å²) < 4.78 is 25.4. The number of benzene rings is 1. The van der Waals surface area contributed by atoms with Crippen LogP contribution in [0.5, 0.6) is 0 Å². The Kier molecular flexibility index (Phi) is 4.01. The predicted octanol–water partition coefficient (Wildman–Crippen LogP) is 0.935. The number of halogens is 2. The molecule has 94 valence electrons. The van der Waals surface area contributed by atoms with E-state index < -0.39 is 25.0 Å². The van der Waals surface area contributed by atoms with Crippen molar-refractivity contribution < 1.29 is 18.7 Å². The molecule has 0 heterocycles. The van der Waals surface area contributed by atoms with Gasteiger partial charge in [0.1, 0.15) is 6.61 Å². The first-order valence-corrected chi connectivity index (χ1v) is 4.99. The van der Waals surface area contributed by atoms with E-state index in [-0.39, 0.29) is 11.3 Å². The first-order valence-electron chi connectivity index (χ1n) is 4.99. The summed E-state index contributed by atoms with van der Waals surface area (Å²) >= 11 is 0. The van der Waals surface area contributed by atoms with E-state index in [1.807, 2.05) is 5.32 Å². The molecule has 0 aromatic heterocycles. The summed E-state index contributed by atoms with van der Waals surface area (Å²) in [5, 5.41) is 10.4. The Morgan fingerprint density at radius 3 is 2.76 bits per heavy atom. The molecule has 1 aromatic carbocycles. The molecule has 0 aliphatic carbocycles. The minimum Gasteiger partial charge on any atom is -0.398 e. The fraction of sp³-hybridized carbons (Fsp3) is 0.364. The number of aliphatic hydroxyl groups is 1. The lowest BCUT2D eigenvalue weighted by Gasteiger charge is -2.14. The van der Waals surface area contributed by atoms with Crippen LogP contribution in [0.4, 0.5) is 14.5 Å². The second kappa shape index (κ2) is 5.09. The molecule has 0 bridgehead atoms. The number of nitrogens with one attached hydrogen (secondary N) is 1. The van der Waals surface area contributed by atoms with E-state index in [0.717, 1.165) is 0 Å². The van der Waals surface area contributed by atoms with Gasteiger partial charge >= 0.3 is 0 Å². The lowest BCUT2D eigenvalue weighted by atomic mass is 10.1. The van der Waals surface area contributed by atoms with E-state index in [1.165, 1.54) is 6.07 Å². The molecular formula is C11H14F2N2O2. The van der Waals surface area contributed by atoms with Gasteiger partial charge in [-0.1, -0.05) is 12.1 Å². The molecule has 4 nitrogen and oxygen atoms in total. The Morgan fingerprint density at radius 1 is 1.53 bits per heavy atom. The molecule has 0 aliphatic rings. The van der Waals surface area contributed by atoms with Gasteiger partial charge in [-0.3, -0.25) is 4.79 Å². The molecule has 17 heavy (non-hydrogen) atoms. The van der Waals surface area contributed by atoms with Gasteiger partial charge in [-0.2, -0.15) is 0 Å². The number of aliphatic hydroxyl groups excluding tert-OH is 1. The fourth-order valence-corrected chi connectivity index (χ4v) is 1.24. The van der Waals surface area contributed by atoms with Gasteiger partial charge in [-0.25, -0.2) is 8.78 Å². The van der Waals surface area contributed by atoms with E-state index in [0.29, 0.717) is 5.56 Å². The summed E-state index contributed by atoms with van der Waals surface area (Å²) in [6.45, 7) is -0.513. The smallest absolute Gasteiger partial charge is 0.287 e. The SMILES string of the molecule is Cc1cccc(C(=O)NCC(F)(F)CO)c1N. The number of anilines is 1. The molecule has 0 spiro atoms. The van der Waals surface area contributed by atoms with Crippen molar-refractivity contribution in [2.45, 2.75) is 12.8 Å². The van der Waals surface area contributed by atoms with Crippen LogP contribution in [0.15, 0.2) is 18.2 Å². The van der Waals surface area contributed by atoms with Crippen molar-refractivity contribution in [1.29, 1.82) is 0 Å². The third-order valence-corrected chi connectivity index (χ3v) is 2.31. The zero-order valence-electron chi connectivity index (χ0n) is 9.34. The Bertz CT molecular complexity index is 422. The first kappa shape index (κ1) is 13.4. The minimum absolute atomic E-state index is 0.152. The van der Waals surface area contributed by atoms with Crippen molar-refractivity contribution in [2.75, 3.05) is 18.9 Å². The number of nitrogens with two attached hydrogens (primary N) is 1. The van der Waals surface area contributed by atoms with Crippen molar-refractivity contribution in [3.8, 4) is 0 Å². The van der Waals surface area contributed by atoms with Crippen molar-refractivity contribution >= 4 is 11.6 Å². The van der Waals surface area contributed by atoms with Gasteiger partial charge in [0.2, 0.25) is 0 Å². The van der Waals surface area contributed by atoms with Crippen LogP contribution in [-0.2, 0) is 0 Å². The van der Waals surface area contributed by atoms with E-state index in [9.17, 15) is 13.6 Å². The second-order valence-electron chi connectivity index (χ2n) is 3.73. The number of alkyl halides is 2. The average Bonchev–Trinajstić information content (AvgIpc) is 2.30. The Balaban J connectivity index is 2.74. The van der Waals surface area contributed by atoms with E-state index in [1.54, 1.807) is 19.1 Å². The molecule has 1 amide bonds. The molecule has 0 aliphatic heterocycles. The van der Waals surface area contributed by atoms with Crippen LogP contribution >= 0.6 is 0 Å². The molecule has 1 aromatic rings. The maximum atomic E-state index is 12.7. The molecule has 0 saturated carbocycles. The Morgan fingerprint density at radius 2 is 2.18 bits per heavy atom. The van der Waals surface area contributed by atoms with Crippen molar-refractivity contribution in [1.82, 2.24) is 5.32 Å². The van der Waals surface area contributed by atoms with Crippen molar-refractivity contribution in [2.24, 2.45) is 0 Å². The van der Waals surface area contributed by atoms with Crippen LogP contribution in [0.1, 0.15) is 15.9 Å². The number of rotatable bonds is 4. The number of nitrogen functional groups attached to an aromatic ring is 1. The third-order valence-electron chi connectivity index (χ3n) is 2.31. The van der Waals surface area contributed by atoms with Gasteiger partial charge in [0, 0.05) is 5.69 Å². The molecule has 0 radical (unpaired) electrons. The quantitative estimate of drug-likeness (QED) is 0.690. The lowest BCUT2D eigenvalue weighted by Crippen LogP contribution is -2.39. The lowest BCUT2D eigenvalue weighted by molar-refractivity contribution is -0.0461. The van der Waals surface area contributed by atoms with Crippen LogP contribution in [0, 0.1) is 6.92 Å². The van der Waals surface area contributed by atoms with Gasteiger partial charge in [0.25, 0.3) is 11.8 Å².